The summed E-state index contributed by atoms with van der Waals surface area (Å²) in [7, 11) is 1.74. The normalized spacial score (nSPS) is 10.7. The summed E-state index contributed by atoms with van der Waals surface area (Å²) in [6.45, 7) is 4.74. The topological polar surface area (TPSA) is 90.8 Å². The van der Waals surface area contributed by atoms with Gasteiger partial charge in [-0.3, -0.25) is 19.4 Å². The van der Waals surface area contributed by atoms with Crippen LogP contribution < -0.4 is 0 Å². The zero-order valence-electron chi connectivity index (χ0n) is 23.7. The molecular weight excluding hydrogens is 514 g/mol. The van der Waals surface area contributed by atoms with E-state index >= 15 is 0 Å². The number of carbonyl (C=O) groups excluding carboxylic acids is 2. The van der Waals surface area contributed by atoms with Crippen molar-refractivity contribution in [1.29, 1.82) is 0 Å². The van der Waals surface area contributed by atoms with Crippen molar-refractivity contribution in [3.63, 3.8) is 0 Å². The van der Waals surface area contributed by atoms with E-state index in [9.17, 15) is 19.5 Å². The van der Waals surface area contributed by atoms with Gasteiger partial charge in [0.15, 0.2) is 0 Å². The van der Waals surface area contributed by atoms with Crippen LogP contribution in [0, 0.1) is 13.8 Å². The number of aryl methyl sites for hydroxylation is 2. The summed E-state index contributed by atoms with van der Waals surface area (Å²) in [5.74, 6) is -1.42. The second-order valence-electron chi connectivity index (χ2n) is 10.1. The highest BCUT2D eigenvalue weighted by Gasteiger charge is 2.24. The molecule has 210 valence electrons. The quantitative estimate of drug-likeness (QED) is 0.255. The number of benzene rings is 3. The van der Waals surface area contributed by atoms with Gasteiger partial charge in [0, 0.05) is 37.0 Å². The highest BCUT2D eigenvalue weighted by molar-refractivity contribution is 6.06. The van der Waals surface area contributed by atoms with Crippen molar-refractivity contribution in [2.24, 2.45) is 0 Å². The first-order valence-electron chi connectivity index (χ1n) is 13.7. The lowest BCUT2D eigenvalue weighted by Gasteiger charge is -2.25. The van der Waals surface area contributed by atoms with Crippen molar-refractivity contribution >= 4 is 17.8 Å². The molecule has 41 heavy (non-hydrogen) atoms. The Kier molecular flexibility index (Phi) is 9.64. The van der Waals surface area contributed by atoms with Gasteiger partial charge in [0.1, 0.15) is 0 Å². The Morgan fingerprint density at radius 3 is 1.98 bits per heavy atom. The molecule has 0 radical (unpaired) electrons. The number of nitrogens with zero attached hydrogens (tertiary/aromatic N) is 3. The minimum atomic E-state index is -0.964. The molecule has 3 aromatic carbocycles. The van der Waals surface area contributed by atoms with Crippen LogP contribution in [-0.4, -0.2) is 57.8 Å². The first-order valence-corrected chi connectivity index (χ1v) is 13.7. The zero-order chi connectivity index (χ0) is 29.4. The number of carboxylic acids is 1. The van der Waals surface area contributed by atoms with Crippen molar-refractivity contribution in [2.45, 2.75) is 33.2 Å². The average Bonchev–Trinajstić information content (AvgIpc) is 2.97. The lowest BCUT2D eigenvalue weighted by molar-refractivity contribution is -0.137. The Morgan fingerprint density at radius 2 is 1.34 bits per heavy atom. The number of carboxylic acid groups (broad SMARTS) is 1. The van der Waals surface area contributed by atoms with Crippen LogP contribution in [0.25, 0.3) is 11.1 Å². The first-order chi connectivity index (χ1) is 19.7. The van der Waals surface area contributed by atoms with Gasteiger partial charge in [0.25, 0.3) is 11.8 Å². The number of rotatable bonds is 11. The number of pyridine rings is 1. The van der Waals surface area contributed by atoms with Crippen molar-refractivity contribution in [2.75, 3.05) is 20.1 Å². The summed E-state index contributed by atoms with van der Waals surface area (Å²) in [5, 5.41) is 9.36. The van der Waals surface area contributed by atoms with Crippen molar-refractivity contribution in [3.8, 4) is 11.1 Å². The van der Waals surface area contributed by atoms with Gasteiger partial charge in [-0.25, -0.2) is 0 Å². The van der Waals surface area contributed by atoms with Gasteiger partial charge >= 0.3 is 5.97 Å². The van der Waals surface area contributed by atoms with Crippen molar-refractivity contribution in [1.82, 2.24) is 14.8 Å². The summed E-state index contributed by atoms with van der Waals surface area (Å²) in [5.41, 5.74) is 6.06. The SMILES string of the molecule is Cc1cccc(CN(C)C(=O)c2ccccc2-c2ccccc2C(=O)N(CCC(=O)O)CCc2ccccc2C)n1. The molecule has 4 aromatic rings. The number of aromatic nitrogens is 1. The summed E-state index contributed by atoms with van der Waals surface area (Å²) in [4.78, 5) is 46.8. The van der Waals surface area contributed by atoms with Crippen LogP contribution in [0.1, 0.15) is 49.7 Å². The Bertz CT molecular complexity index is 1550. The molecule has 1 aromatic heterocycles. The van der Waals surface area contributed by atoms with Gasteiger partial charge in [0.2, 0.25) is 0 Å². The molecule has 0 fully saturated rings. The van der Waals surface area contributed by atoms with E-state index in [2.05, 4.69) is 4.98 Å². The Morgan fingerprint density at radius 1 is 0.732 bits per heavy atom. The van der Waals surface area contributed by atoms with Gasteiger partial charge < -0.3 is 14.9 Å². The highest BCUT2D eigenvalue weighted by atomic mass is 16.4. The molecule has 0 spiro atoms. The van der Waals surface area contributed by atoms with Gasteiger partial charge in [0.05, 0.1) is 18.7 Å². The minimum Gasteiger partial charge on any atom is -0.481 e. The maximum Gasteiger partial charge on any atom is 0.305 e. The molecule has 0 unspecified atom stereocenters. The molecule has 1 heterocycles. The Hall–Kier alpha value is -4.78. The third-order valence-electron chi connectivity index (χ3n) is 7.09. The Labute approximate surface area is 241 Å². The molecule has 7 heteroatoms. The number of carbonyl (C=O) groups is 3. The number of amides is 2. The molecule has 1 N–H and O–H groups in total. The van der Waals surface area contributed by atoms with Crippen LogP contribution in [0.15, 0.2) is 91.0 Å². The predicted octanol–water partition coefficient (Wildman–Crippen LogP) is 5.80. The number of aliphatic carboxylic acids is 1. The molecule has 0 saturated carbocycles. The summed E-state index contributed by atoms with van der Waals surface area (Å²) in [6, 6.07) is 28.1. The maximum atomic E-state index is 14.0. The van der Waals surface area contributed by atoms with Gasteiger partial charge in [-0.1, -0.05) is 66.7 Å². The van der Waals surface area contributed by atoms with E-state index in [0.29, 0.717) is 41.8 Å². The standard InChI is InChI=1S/C34H35N3O4/c1-24-11-4-5-13-26(24)19-21-37(22-20-32(38)39)34(41)31-18-9-7-16-29(31)28-15-6-8-17-30(28)33(40)36(3)23-27-14-10-12-25(2)35-27/h4-18H,19-23H2,1-3H3,(H,38,39). The van der Waals surface area contributed by atoms with Crippen molar-refractivity contribution in [3.05, 3.63) is 125 Å². The third kappa shape index (κ3) is 7.45. The number of hydrogen-bond donors (Lipinski definition) is 1. The van der Waals surface area contributed by atoms with Crippen LogP contribution in [0.3, 0.4) is 0 Å². The van der Waals surface area contributed by atoms with Crippen LogP contribution >= 0.6 is 0 Å². The zero-order valence-corrected chi connectivity index (χ0v) is 23.7. The maximum absolute atomic E-state index is 14.0. The van der Waals surface area contributed by atoms with Crippen molar-refractivity contribution < 1.29 is 19.5 Å². The molecule has 7 nitrogen and oxygen atoms in total. The number of hydrogen-bond acceptors (Lipinski definition) is 4. The molecule has 0 bridgehead atoms. The third-order valence-corrected chi connectivity index (χ3v) is 7.09. The van der Waals surface area contributed by atoms with E-state index in [1.807, 2.05) is 80.6 Å². The summed E-state index contributed by atoms with van der Waals surface area (Å²) in [6.07, 6.45) is 0.446. The van der Waals surface area contributed by atoms with Gasteiger partial charge in [-0.15, -0.1) is 0 Å². The predicted molar refractivity (Wildman–Crippen MR) is 160 cm³/mol. The van der Waals surface area contributed by atoms with Crippen LogP contribution in [0.2, 0.25) is 0 Å². The van der Waals surface area contributed by atoms with Crippen LogP contribution in [0.4, 0.5) is 0 Å². The van der Waals surface area contributed by atoms with Crippen LogP contribution in [-0.2, 0) is 17.8 Å². The minimum absolute atomic E-state index is 0.0845. The molecule has 0 aliphatic rings. The van der Waals surface area contributed by atoms with Gasteiger partial charge in [-0.05, 0) is 66.8 Å². The second-order valence-corrected chi connectivity index (χ2v) is 10.1. The van der Waals surface area contributed by atoms with E-state index in [0.717, 1.165) is 22.5 Å². The molecule has 0 atom stereocenters. The lowest BCUT2D eigenvalue weighted by atomic mass is 9.94. The molecule has 0 aliphatic carbocycles. The monoisotopic (exact) mass is 549 g/mol. The molecule has 0 aliphatic heterocycles. The van der Waals surface area contributed by atoms with E-state index < -0.39 is 5.97 Å². The molecular formula is C34H35N3O4. The first kappa shape index (κ1) is 29.2. The smallest absolute Gasteiger partial charge is 0.305 e. The van der Waals surface area contributed by atoms with E-state index in [4.69, 9.17) is 0 Å². The van der Waals surface area contributed by atoms with E-state index in [1.165, 1.54) is 0 Å². The fraction of sp³-hybridized carbons (Fsp3) is 0.235. The Balaban J connectivity index is 1.64. The lowest BCUT2D eigenvalue weighted by Crippen LogP contribution is -2.35. The van der Waals surface area contributed by atoms with E-state index in [-0.39, 0.29) is 24.8 Å². The van der Waals surface area contributed by atoms with Crippen LogP contribution in [0.5, 0.6) is 0 Å². The summed E-state index contributed by atoms with van der Waals surface area (Å²) < 4.78 is 0. The second kappa shape index (κ2) is 13.5. The van der Waals surface area contributed by atoms with Gasteiger partial charge in [-0.2, -0.15) is 0 Å². The summed E-state index contributed by atoms with van der Waals surface area (Å²) >= 11 is 0. The molecule has 0 saturated heterocycles. The van der Waals surface area contributed by atoms with E-state index in [1.54, 1.807) is 41.1 Å². The fourth-order valence-corrected chi connectivity index (χ4v) is 4.88. The highest BCUT2D eigenvalue weighted by Crippen LogP contribution is 2.29. The fourth-order valence-electron chi connectivity index (χ4n) is 4.88. The molecule has 2 amide bonds. The average molecular weight is 550 g/mol. The molecule has 4 rings (SSSR count). The largest absolute Gasteiger partial charge is 0.481 e.